The van der Waals surface area contributed by atoms with Crippen molar-refractivity contribution < 1.29 is 9.59 Å². The minimum Gasteiger partial charge on any atom is -0.350 e. The zero-order chi connectivity index (χ0) is 25.2. The number of nitriles is 1. The Hall–Kier alpha value is -3.86. The van der Waals surface area contributed by atoms with Crippen LogP contribution in [0.2, 0.25) is 5.02 Å². The number of rotatable bonds is 6. The van der Waals surface area contributed by atoms with Gasteiger partial charge in [-0.15, -0.1) is 11.8 Å². The molecule has 4 aromatic rings. The van der Waals surface area contributed by atoms with E-state index < -0.39 is 17.6 Å². The summed E-state index contributed by atoms with van der Waals surface area (Å²) in [4.78, 5) is 27.5. The Labute approximate surface area is 217 Å². The van der Waals surface area contributed by atoms with Gasteiger partial charge in [-0.3, -0.25) is 9.59 Å². The maximum Gasteiger partial charge on any atom is 0.245 e. The van der Waals surface area contributed by atoms with Gasteiger partial charge >= 0.3 is 0 Å². The van der Waals surface area contributed by atoms with Gasteiger partial charge < -0.3 is 5.32 Å². The van der Waals surface area contributed by atoms with Crippen LogP contribution in [0.25, 0.3) is 16.9 Å². The van der Waals surface area contributed by atoms with E-state index in [4.69, 9.17) is 11.6 Å². The third-order valence-corrected chi connectivity index (χ3v) is 7.33. The number of ketones is 1. The second kappa shape index (κ2) is 10.0. The molecule has 1 aliphatic rings. The normalized spacial score (nSPS) is 12.7. The number of Topliss-reactive ketones (excluding diaryl/α,β-unsaturated/α-hetero) is 1. The molecule has 1 amide bonds. The first-order valence-corrected chi connectivity index (χ1v) is 12.7. The summed E-state index contributed by atoms with van der Waals surface area (Å²) in [5, 5.41) is 17.8. The van der Waals surface area contributed by atoms with Gasteiger partial charge in [-0.25, -0.2) is 4.68 Å². The van der Waals surface area contributed by atoms with E-state index in [0.29, 0.717) is 16.3 Å². The minimum atomic E-state index is -1.51. The van der Waals surface area contributed by atoms with E-state index in [-0.39, 0.29) is 12.2 Å². The van der Waals surface area contributed by atoms with Crippen molar-refractivity contribution in [3.05, 3.63) is 100 Å². The van der Waals surface area contributed by atoms with E-state index in [9.17, 15) is 14.9 Å². The smallest absolute Gasteiger partial charge is 0.245 e. The lowest BCUT2D eigenvalue weighted by Crippen LogP contribution is -2.34. The van der Waals surface area contributed by atoms with Crippen LogP contribution in [0.3, 0.4) is 0 Å². The number of halogens is 1. The monoisotopic (exact) mass is 512 g/mol. The number of thioether (sulfide) groups is 1. The molecule has 1 N–H and O–H groups in total. The highest BCUT2D eigenvalue weighted by Crippen LogP contribution is 2.45. The summed E-state index contributed by atoms with van der Waals surface area (Å²) in [5.74, 6) is -2.28. The molecule has 5 rings (SSSR count). The standard InChI is InChI=1S/C28H21ClN4O2S/c1-17-6-5-9-20(12-17)33-26-21-13-19(29)10-11-24(21)36-16-23(26)25(32-33)27(34)22(14-30)28(35)31-15-18-7-3-2-4-8-18/h2-13,22H,15-16H2,1H3,(H,31,35). The lowest BCUT2D eigenvalue weighted by molar-refractivity contribution is -0.122. The molecule has 2 heterocycles. The van der Waals surface area contributed by atoms with Gasteiger partial charge in [-0.2, -0.15) is 10.4 Å². The third kappa shape index (κ3) is 4.53. The molecule has 3 aromatic carbocycles. The lowest BCUT2D eigenvalue weighted by Gasteiger charge is -2.19. The van der Waals surface area contributed by atoms with Crippen molar-refractivity contribution in [1.29, 1.82) is 5.26 Å². The summed E-state index contributed by atoms with van der Waals surface area (Å²) in [6, 6.07) is 24.7. The first-order chi connectivity index (χ1) is 17.5. The van der Waals surface area contributed by atoms with Crippen molar-refractivity contribution >= 4 is 35.1 Å². The molecule has 1 aromatic heterocycles. The SMILES string of the molecule is Cc1cccc(-n2nc(C(=O)C(C#N)C(=O)NCc3ccccc3)c3c2-c2cc(Cl)ccc2SC3)c1. The maximum absolute atomic E-state index is 13.6. The van der Waals surface area contributed by atoms with Crippen LogP contribution in [0.5, 0.6) is 0 Å². The average molecular weight is 513 g/mol. The summed E-state index contributed by atoms with van der Waals surface area (Å²) in [5.41, 5.74) is 5.14. The molecule has 178 valence electrons. The molecule has 0 saturated carbocycles. The highest BCUT2D eigenvalue weighted by molar-refractivity contribution is 7.98. The Balaban J connectivity index is 1.56. The molecule has 8 heteroatoms. The van der Waals surface area contributed by atoms with Crippen molar-refractivity contribution in [2.45, 2.75) is 24.1 Å². The number of aryl methyl sites for hydroxylation is 1. The molecule has 0 fully saturated rings. The highest BCUT2D eigenvalue weighted by atomic mass is 35.5. The van der Waals surface area contributed by atoms with E-state index in [2.05, 4.69) is 10.4 Å². The molecule has 1 unspecified atom stereocenters. The molecule has 0 aliphatic carbocycles. The van der Waals surface area contributed by atoms with Crippen LogP contribution in [0.1, 0.15) is 27.2 Å². The molecule has 0 spiro atoms. The first kappa shape index (κ1) is 23.9. The van der Waals surface area contributed by atoms with Crippen LogP contribution in [0.15, 0.2) is 77.7 Å². The molecule has 1 aliphatic heterocycles. The number of hydrogen-bond donors (Lipinski definition) is 1. The van der Waals surface area contributed by atoms with E-state index in [1.165, 1.54) is 0 Å². The number of carbonyl (C=O) groups excluding carboxylic acids is 2. The predicted octanol–water partition coefficient (Wildman–Crippen LogP) is 5.75. The largest absolute Gasteiger partial charge is 0.350 e. The van der Waals surface area contributed by atoms with E-state index >= 15 is 0 Å². The van der Waals surface area contributed by atoms with Crippen molar-refractivity contribution in [3.8, 4) is 23.0 Å². The van der Waals surface area contributed by atoms with Gasteiger partial charge in [0.1, 0.15) is 5.69 Å². The topological polar surface area (TPSA) is 87.8 Å². The summed E-state index contributed by atoms with van der Waals surface area (Å²) in [6.07, 6.45) is 0. The first-order valence-electron chi connectivity index (χ1n) is 11.3. The van der Waals surface area contributed by atoms with Gasteiger partial charge in [0.25, 0.3) is 0 Å². The van der Waals surface area contributed by atoms with Crippen molar-refractivity contribution in [1.82, 2.24) is 15.1 Å². The fourth-order valence-electron chi connectivity index (χ4n) is 4.23. The van der Waals surface area contributed by atoms with Crippen LogP contribution < -0.4 is 5.32 Å². The number of benzene rings is 3. The van der Waals surface area contributed by atoms with Gasteiger partial charge in [0, 0.05) is 33.3 Å². The fraction of sp³-hybridized carbons (Fsp3) is 0.143. The molecular weight excluding hydrogens is 492 g/mol. The summed E-state index contributed by atoms with van der Waals surface area (Å²) in [6.45, 7) is 2.21. The van der Waals surface area contributed by atoms with Crippen LogP contribution in [-0.4, -0.2) is 21.5 Å². The number of nitrogens with one attached hydrogen (secondary N) is 1. The number of hydrogen-bond acceptors (Lipinski definition) is 5. The van der Waals surface area contributed by atoms with Gasteiger partial charge in [0.15, 0.2) is 5.92 Å². The number of nitrogens with zero attached hydrogens (tertiary/aromatic N) is 3. The number of fused-ring (bicyclic) bond motifs is 3. The Morgan fingerprint density at radius 2 is 1.94 bits per heavy atom. The van der Waals surface area contributed by atoms with Crippen molar-refractivity contribution in [2.75, 3.05) is 0 Å². The lowest BCUT2D eigenvalue weighted by atomic mass is 9.97. The predicted molar refractivity (Wildman–Crippen MR) is 140 cm³/mol. The highest BCUT2D eigenvalue weighted by Gasteiger charge is 2.35. The Bertz CT molecular complexity index is 1520. The number of aromatic nitrogens is 2. The second-order valence-corrected chi connectivity index (χ2v) is 9.94. The number of carbonyl (C=O) groups is 2. The van der Waals surface area contributed by atoms with Gasteiger partial charge in [-0.05, 0) is 48.4 Å². The zero-order valence-electron chi connectivity index (χ0n) is 19.4. The van der Waals surface area contributed by atoms with Gasteiger partial charge in [0.2, 0.25) is 11.7 Å². The Morgan fingerprint density at radius 1 is 1.14 bits per heavy atom. The Morgan fingerprint density at radius 3 is 2.69 bits per heavy atom. The van der Waals surface area contributed by atoms with Crippen LogP contribution in [0.4, 0.5) is 0 Å². The summed E-state index contributed by atoms with van der Waals surface area (Å²) >= 11 is 7.90. The molecular formula is C28H21ClN4O2S. The van der Waals surface area contributed by atoms with Crippen LogP contribution >= 0.6 is 23.4 Å². The summed E-state index contributed by atoms with van der Waals surface area (Å²) in [7, 11) is 0. The van der Waals surface area contributed by atoms with E-state index in [1.54, 1.807) is 16.4 Å². The van der Waals surface area contributed by atoms with E-state index in [0.717, 1.165) is 33.0 Å². The molecule has 1 atom stereocenters. The van der Waals surface area contributed by atoms with Crippen LogP contribution in [-0.2, 0) is 17.1 Å². The Kier molecular flexibility index (Phi) is 6.64. The third-order valence-electron chi connectivity index (χ3n) is 5.99. The minimum absolute atomic E-state index is 0.131. The number of amides is 1. The van der Waals surface area contributed by atoms with Gasteiger partial charge in [-0.1, -0.05) is 54.1 Å². The molecule has 0 saturated heterocycles. The molecule has 36 heavy (non-hydrogen) atoms. The quantitative estimate of drug-likeness (QED) is 0.263. The maximum atomic E-state index is 13.6. The average Bonchev–Trinajstić information content (AvgIpc) is 3.29. The fourth-order valence-corrected chi connectivity index (χ4v) is 5.45. The van der Waals surface area contributed by atoms with Crippen molar-refractivity contribution in [2.24, 2.45) is 5.92 Å². The van der Waals surface area contributed by atoms with Crippen molar-refractivity contribution in [3.63, 3.8) is 0 Å². The van der Waals surface area contributed by atoms with Gasteiger partial charge in [0.05, 0.1) is 17.5 Å². The van der Waals surface area contributed by atoms with E-state index in [1.807, 2.05) is 85.8 Å². The molecule has 0 bridgehead atoms. The second-order valence-electron chi connectivity index (χ2n) is 8.49. The zero-order valence-corrected chi connectivity index (χ0v) is 20.9. The van der Waals surface area contributed by atoms with Crippen LogP contribution in [0, 0.1) is 24.2 Å². The molecule has 6 nitrogen and oxygen atoms in total. The molecule has 0 radical (unpaired) electrons. The summed E-state index contributed by atoms with van der Waals surface area (Å²) < 4.78 is 1.72.